The predicted octanol–water partition coefficient (Wildman–Crippen LogP) is 4.41. The zero-order valence-electron chi connectivity index (χ0n) is 10.9. The molecule has 0 saturated carbocycles. The Morgan fingerprint density at radius 2 is 1.63 bits per heavy atom. The molecule has 1 N–H and O–H groups in total. The molecule has 0 radical (unpaired) electrons. The molecule has 1 aliphatic heterocycles. The van der Waals surface area contributed by atoms with Gasteiger partial charge in [-0.3, -0.25) is 4.90 Å². The molecule has 1 aliphatic rings. The SMILES string of the molecule is CC[C@H](c1cc(Br)cc(Br)c1)N1CCNCC1.Cl.Cl. The van der Waals surface area contributed by atoms with Crippen LogP contribution in [0.5, 0.6) is 0 Å². The summed E-state index contributed by atoms with van der Waals surface area (Å²) in [7, 11) is 0. The number of rotatable bonds is 3. The second-order valence-corrected chi connectivity index (χ2v) is 6.24. The van der Waals surface area contributed by atoms with Crippen molar-refractivity contribution in [2.24, 2.45) is 0 Å². The molecule has 110 valence electrons. The lowest BCUT2D eigenvalue weighted by Crippen LogP contribution is -2.45. The molecule has 2 rings (SSSR count). The molecule has 1 aromatic carbocycles. The first kappa shape index (κ1) is 19.7. The van der Waals surface area contributed by atoms with Crippen molar-refractivity contribution in [3.05, 3.63) is 32.7 Å². The minimum atomic E-state index is 0. The van der Waals surface area contributed by atoms with Crippen molar-refractivity contribution in [1.29, 1.82) is 0 Å². The van der Waals surface area contributed by atoms with E-state index in [2.05, 4.69) is 67.2 Å². The van der Waals surface area contributed by atoms with E-state index in [1.54, 1.807) is 0 Å². The third kappa shape index (κ3) is 5.52. The Bertz CT molecular complexity index is 365. The highest BCUT2D eigenvalue weighted by atomic mass is 79.9. The second kappa shape index (κ2) is 9.59. The summed E-state index contributed by atoms with van der Waals surface area (Å²) in [4.78, 5) is 2.57. The van der Waals surface area contributed by atoms with Crippen LogP contribution in [0.15, 0.2) is 27.1 Å². The molecule has 6 heteroatoms. The fraction of sp³-hybridized carbons (Fsp3) is 0.538. The number of piperazine rings is 1. The third-order valence-corrected chi connectivity index (χ3v) is 4.16. The standard InChI is InChI=1S/C13H18Br2N2.2ClH/c1-2-13(17-5-3-16-4-6-17)10-7-11(14)9-12(15)8-10;;/h7-9,13,16H,2-6H2,1H3;2*1H/t13-;;/m1../s1. The topological polar surface area (TPSA) is 15.3 Å². The van der Waals surface area contributed by atoms with Gasteiger partial charge in [-0.2, -0.15) is 0 Å². The Morgan fingerprint density at radius 1 is 1.11 bits per heavy atom. The van der Waals surface area contributed by atoms with Gasteiger partial charge in [-0.25, -0.2) is 0 Å². The van der Waals surface area contributed by atoms with Crippen LogP contribution in [0.1, 0.15) is 24.9 Å². The van der Waals surface area contributed by atoms with Crippen LogP contribution >= 0.6 is 56.7 Å². The van der Waals surface area contributed by atoms with Gasteiger partial charge in [0.25, 0.3) is 0 Å². The molecule has 1 atom stereocenters. The molecule has 0 aromatic heterocycles. The summed E-state index contributed by atoms with van der Waals surface area (Å²) >= 11 is 7.15. The summed E-state index contributed by atoms with van der Waals surface area (Å²) in [6.45, 7) is 6.75. The molecule has 0 unspecified atom stereocenters. The van der Waals surface area contributed by atoms with Crippen molar-refractivity contribution in [2.75, 3.05) is 26.2 Å². The Balaban J connectivity index is 0.00000162. The summed E-state index contributed by atoms with van der Waals surface area (Å²) in [6.07, 6.45) is 1.16. The molecule has 0 amide bonds. The largest absolute Gasteiger partial charge is 0.314 e. The van der Waals surface area contributed by atoms with Gasteiger partial charge >= 0.3 is 0 Å². The first-order chi connectivity index (χ1) is 8.20. The van der Waals surface area contributed by atoms with Crippen molar-refractivity contribution in [1.82, 2.24) is 10.2 Å². The predicted molar refractivity (Wildman–Crippen MR) is 93.8 cm³/mol. The minimum absolute atomic E-state index is 0. The van der Waals surface area contributed by atoms with Crippen LogP contribution in [0.4, 0.5) is 0 Å². The van der Waals surface area contributed by atoms with E-state index in [0.717, 1.165) is 41.5 Å². The van der Waals surface area contributed by atoms with Gasteiger partial charge < -0.3 is 5.32 Å². The normalized spacial score (nSPS) is 17.2. The smallest absolute Gasteiger partial charge is 0.0347 e. The van der Waals surface area contributed by atoms with Crippen molar-refractivity contribution in [2.45, 2.75) is 19.4 Å². The molecule has 0 aliphatic carbocycles. The van der Waals surface area contributed by atoms with E-state index >= 15 is 0 Å². The van der Waals surface area contributed by atoms with Crippen LogP contribution in [0.25, 0.3) is 0 Å². The van der Waals surface area contributed by atoms with Gasteiger partial charge in [-0.15, -0.1) is 24.8 Å². The van der Waals surface area contributed by atoms with E-state index in [1.165, 1.54) is 5.56 Å². The first-order valence-corrected chi connectivity index (χ1v) is 7.70. The third-order valence-electron chi connectivity index (χ3n) is 3.25. The van der Waals surface area contributed by atoms with Crippen molar-refractivity contribution >= 4 is 56.7 Å². The fourth-order valence-corrected chi connectivity index (χ4v) is 3.80. The molecular formula is C13H20Br2Cl2N2. The molecule has 0 bridgehead atoms. The quantitative estimate of drug-likeness (QED) is 0.757. The van der Waals surface area contributed by atoms with Crippen LogP contribution in [-0.2, 0) is 0 Å². The summed E-state index contributed by atoms with van der Waals surface area (Å²) in [6, 6.07) is 7.10. The zero-order chi connectivity index (χ0) is 12.3. The number of nitrogens with zero attached hydrogens (tertiary/aromatic N) is 1. The van der Waals surface area contributed by atoms with Gasteiger partial charge in [0.2, 0.25) is 0 Å². The van der Waals surface area contributed by atoms with Gasteiger partial charge in [0, 0.05) is 41.2 Å². The van der Waals surface area contributed by atoms with Crippen LogP contribution in [-0.4, -0.2) is 31.1 Å². The molecule has 1 saturated heterocycles. The minimum Gasteiger partial charge on any atom is -0.314 e. The lowest BCUT2D eigenvalue weighted by molar-refractivity contribution is 0.169. The number of benzene rings is 1. The Kier molecular flexibility index (Phi) is 9.93. The average molecular weight is 435 g/mol. The summed E-state index contributed by atoms with van der Waals surface area (Å²) in [5.74, 6) is 0. The van der Waals surface area contributed by atoms with Crippen molar-refractivity contribution < 1.29 is 0 Å². The molecule has 0 spiro atoms. The van der Waals surface area contributed by atoms with Crippen LogP contribution in [0.3, 0.4) is 0 Å². The van der Waals surface area contributed by atoms with E-state index < -0.39 is 0 Å². The molecule has 1 heterocycles. The zero-order valence-corrected chi connectivity index (χ0v) is 15.7. The maximum atomic E-state index is 3.57. The van der Waals surface area contributed by atoms with E-state index in [0.29, 0.717) is 6.04 Å². The van der Waals surface area contributed by atoms with Gasteiger partial charge in [0.05, 0.1) is 0 Å². The lowest BCUT2D eigenvalue weighted by Gasteiger charge is -2.34. The summed E-state index contributed by atoms with van der Waals surface area (Å²) in [5.41, 5.74) is 1.40. The fourth-order valence-electron chi connectivity index (χ4n) is 2.47. The monoisotopic (exact) mass is 432 g/mol. The maximum absolute atomic E-state index is 3.57. The Hall–Kier alpha value is 0.680. The van der Waals surface area contributed by atoms with Gasteiger partial charge in [0.15, 0.2) is 0 Å². The van der Waals surface area contributed by atoms with Crippen molar-refractivity contribution in [3.63, 3.8) is 0 Å². The number of hydrogen-bond donors (Lipinski definition) is 1. The number of halogens is 4. The molecule has 1 fully saturated rings. The second-order valence-electron chi connectivity index (χ2n) is 4.41. The highest BCUT2D eigenvalue weighted by molar-refractivity contribution is 9.11. The van der Waals surface area contributed by atoms with Crippen molar-refractivity contribution in [3.8, 4) is 0 Å². The van der Waals surface area contributed by atoms with Crippen LogP contribution in [0.2, 0.25) is 0 Å². The number of nitrogens with one attached hydrogen (secondary N) is 1. The van der Waals surface area contributed by atoms with E-state index in [4.69, 9.17) is 0 Å². The lowest BCUT2D eigenvalue weighted by atomic mass is 10.0. The van der Waals surface area contributed by atoms with Gasteiger partial charge in [-0.1, -0.05) is 38.8 Å². The Labute approximate surface area is 144 Å². The Morgan fingerprint density at radius 3 is 2.11 bits per heavy atom. The summed E-state index contributed by atoms with van der Waals surface area (Å²) in [5, 5.41) is 3.41. The molecule has 19 heavy (non-hydrogen) atoms. The highest BCUT2D eigenvalue weighted by Gasteiger charge is 2.20. The molecule has 1 aromatic rings. The number of hydrogen-bond acceptors (Lipinski definition) is 2. The van der Waals surface area contributed by atoms with E-state index in [-0.39, 0.29) is 24.8 Å². The van der Waals surface area contributed by atoms with Crippen LogP contribution < -0.4 is 5.32 Å². The summed E-state index contributed by atoms with van der Waals surface area (Å²) < 4.78 is 2.30. The van der Waals surface area contributed by atoms with Gasteiger partial charge in [0.1, 0.15) is 0 Å². The first-order valence-electron chi connectivity index (χ1n) is 6.11. The van der Waals surface area contributed by atoms with Crippen LogP contribution in [0, 0.1) is 0 Å². The maximum Gasteiger partial charge on any atom is 0.0347 e. The average Bonchev–Trinajstić information content (AvgIpc) is 2.30. The van der Waals surface area contributed by atoms with E-state index in [9.17, 15) is 0 Å². The van der Waals surface area contributed by atoms with E-state index in [1.807, 2.05) is 0 Å². The highest BCUT2D eigenvalue weighted by Crippen LogP contribution is 2.29. The molecule has 2 nitrogen and oxygen atoms in total. The van der Waals surface area contributed by atoms with Gasteiger partial charge in [-0.05, 0) is 30.2 Å². The molecular weight excluding hydrogens is 415 g/mol.